The number of halogens is 5. The van der Waals surface area contributed by atoms with Crippen LogP contribution in [0.5, 0.6) is 0 Å². The quantitative estimate of drug-likeness (QED) is 0.461. The third-order valence-corrected chi connectivity index (χ3v) is 1.57. The van der Waals surface area contributed by atoms with Crippen molar-refractivity contribution in [3.05, 3.63) is 23.9 Å². The zero-order valence-corrected chi connectivity index (χ0v) is 7.15. The number of rotatable bonds is 2. The maximum Gasteiger partial charge on any atom is 0.459 e. The Morgan fingerprint density at radius 1 is 1.13 bits per heavy atom. The number of nitrogens with two attached hydrogens (primary N) is 1. The van der Waals surface area contributed by atoms with E-state index in [0.717, 1.165) is 12.1 Å². The van der Waals surface area contributed by atoms with Crippen LogP contribution in [0.1, 0.15) is 5.69 Å². The highest BCUT2D eigenvalue weighted by molar-refractivity contribution is 5.34. The van der Waals surface area contributed by atoms with Gasteiger partial charge in [-0.2, -0.15) is 22.0 Å². The number of hydrogen-bond acceptors (Lipinski definition) is 3. The molecule has 1 aromatic rings. The van der Waals surface area contributed by atoms with Crippen molar-refractivity contribution in [3.63, 3.8) is 0 Å². The Hall–Kier alpha value is -1.44. The molecule has 0 fully saturated rings. The standard InChI is InChI=1S/C7H6F5N3/c8-6(9,7(10,11)12)4-2-1-3-5(14-4)15-13/h1-3H,13H2,(H,14,15). The van der Waals surface area contributed by atoms with Gasteiger partial charge in [-0.1, -0.05) is 6.07 Å². The van der Waals surface area contributed by atoms with Gasteiger partial charge in [0.05, 0.1) is 0 Å². The first-order valence-electron chi connectivity index (χ1n) is 3.67. The fraction of sp³-hybridized carbons (Fsp3) is 0.286. The first-order valence-corrected chi connectivity index (χ1v) is 3.67. The van der Waals surface area contributed by atoms with Gasteiger partial charge in [0.25, 0.3) is 0 Å². The molecule has 0 spiro atoms. The van der Waals surface area contributed by atoms with Crippen LogP contribution in [0.3, 0.4) is 0 Å². The summed E-state index contributed by atoms with van der Waals surface area (Å²) >= 11 is 0. The lowest BCUT2D eigenvalue weighted by molar-refractivity contribution is -0.290. The summed E-state index contributed by atoms with van der Waals surface area (Å²) in [6.45, 7) is 0. The molecule has 0 radical (unpaired) electrons. The summed E-state index contributed by atoms with van der Waals surface area (Å²) < 4.78 is 61.2. The molecular weight excluding hydrogens is 221 g/mol. The first kappa shape index (κ1) is 11.6. The van der Waals surface area contributed by atoms with Gasteiger partial charge in [0.2, 0.25) is 0 Å². The van der Waals surface area contributed by atoms with Crippen LogP contribution in [-0.4, -0.2) is 11.2 Å². The van der Waals surface area contributed by atoms with E-state index < -0.39 is 17.8 Å². The molecule has 15 heavy (non-hydrogen) atoms. The second-order valence-corrected chi connectivity index (χ2v) is 2.62. The van der Waals surface area contributed by atoms with Crippen LogP contribution in [0.25, 0.3) is 0 Å². The minimum absolute atomic E-state index is 0.267. The molecule has 0 aliphatic heterocycles. The van der Waals surface area contributed by atoms with E-state index in [0.29, 0.717) is 6.07 Å². The number of alkyl halides is 5. The third-order valence-electron chi connectivity index (χ3n) is 1.57. The van der Waals surface area contributed by atoms with E-state index in [4.69, 9.17) is 5.84 Å². The highest BCUT2D eigenvalue weighted by Gasteiger charge is 2.59. The molecule has 3 N–H and O–H groups in total. The van der Waals surface area contributed by atoms with Crippen molar-refractivity contribution in [2.24, 2.45) is 5.84 Å². The Bertz CT molecular complexity index is 349. The molecule has 0 saturated carbocycles. The van der Waals surface area contributed by atoms with Gasteiger partial charge in [-0.05, 0) is 12.1 Å². The largest absolute Gasteiger partial charge is 0.459 e. The number of nitrogen functional groups attached to an aromatic ring is 1. The van der Waals surface area contributed by atoms with Gasteiger partial charge in [0.15, 0.2) is 0 Å². The van der Waals surface area contributed by atoms with Crippen LogP contribution in [0.2, 0.25) is 0 Å². The lowest BCUT2D eigenvalue weighted by Crippen LogP contribution is -2.34. The molecule has 0 bridgehead atoms. The lowest BCUT2D eigenvalue weighted by Gasteiger charge is -2.19. The molecular formula is C7H6F5N3. The fourth-order valence-electron chi connectivity index (χ4n) is 0.835. The van der Waals surface area contributed by atoms with Crippen LogP contribution in [-0.2, 0) is 5.92 Å². The van der Waals surface area contributed by atoms with Crippen LogP contribution in [0.4, 0.5) is 27.8 Å². The molecule has 1 aromatic heterocycles. The number of pyridine rings is 1. The Labute approximate surface area is 81.1 Å². The summed E-state index contributed by atoms with van der Waals surface area (Å²) in [5.74, 6) is -0.421. The van der Waals surface area contributed by atoms with Gasteiger partial charge in [0.1, 0.15) is 11.5 Å². The second kappa shape index (κ2) is 3.61. The molecule has 0 atom stereocenters. The van der Waals surface area contributed by atoms with Gasteiger partial charge in [-0.25, -0.2) is 10.8 Å². The lowest BCUT2D eigenvalue weighted by atomic mass is 10.2. The van der Waals surface area contributed by atoms with Crippen molar-refractivity contribution < 1.29 is 22.0 Å². The van der Waals surface area contributed by atoms with Crippen molar-refractivity contribution in [2.75, 3.05) is 5.43 Å². The maximum absolute atomic E-state index is 12.7. The molecule has 0 aliphatic rings. The highest BCUT2D eigenvalue weighted by atomic mass is 19.4. The molecule has 0 saturated heterocycles. The first-order chi connectivity index (χ1) is 6.79. The molecule has 0 aliphatic carbocycles. The van der Waals surface area contributed by atoms with Crippen molar-refractivity contribution in [3.8, 4) is 0 Å². The smallest absolute Gasteiger partial charge is 0.308 e. The summed E-state index contributed by atoms with van der Waals surface area (Å²) in [5.41, 5.74) is 0.481. The normalized spacial score (nSPS) is 12.7. The average molecular weight is 227 g/mol. The molecule has 3 nitrogen and oxygen atoms in total. The number of hydrazine groups is 1. The molecule has 1 heterocycles. The zero-order chi connectivity index (χ0) is 11.7. The fourth-order valence-corrected chi connectivity index (χ4v) is 0.835. The summed E-state index contributed by atoms with van der Waals surface area (Å²) in [4.78, 5) is 3.02. The van der Waals surface area contributed by atoms with Crippen molar-refractivity contribution in [1.29, 1.82) is 0 Å². The van der Waals surface area contributed by atoms with Gasteiger partial charge >= 0.3 is 12.1 Å². The summed E-state index contributed by atoms with van der Waals surface area (Å²) in [6, 6.07) is 2.74. The Morgan fingerprint density at radius 2 is 1.73 bits per heavy atom. The van der Waals surface area contributed by atoms with Crippen LogP contribution in [0, 0.1) is 0 Å². The maximum atomic E-state index is 12.7. The van der Waals surface area contributed by atoms with Crippen LogP contribution in [0.15, 0.2) is 18.2 Å². The Morgan fingerprint density at radius 3 is 2.20 bits per heavy atom. The van der Waals surface area contributed by atoms with E-state index >= 15 is 0 Å². The van der Waals surface area contributed by atoms with E-state index in [1.54, 1.807) is 0 Å². The summed E-state index contributed by atoms with van der Waals surface area (Å²) in [6.07, 6.45) is -5.67. The predicted octanol–water partition coefficient (Wildman–Crippen LogP) is 2.02. The number of nitrogens with zero attached hydrogens (tertiary/aromatic N) is 1. The molecule has 0 amide bonds. The van der Waals surface area contributed by atoms with Crippen molar-refractivity contribution >= 4 is 5.82 Å². The minimum atomic E-state index is -5.67. The van der Waals surface area contributed by atoms with Gasteiger partial charge < -0.3 is 5.43 Å². The SMILES string of the molecule is NNc1cccc(C(F)(F)C(F)(F)F)n1. The molecule has 1 rings (SSSR count). The number of hydrogen-bond donors (Lipinski definition) is 2. The molecule has 8 heteroatoms. The Balaban J connectivity index is 3.15. The van der Waals surface area contributed by atoms with E-state index in [2.05, 4.69) is 4.98 Å². The van der Waals surface area contributed by atoms with Crippen molar-refractivity contribution in [2.45, 2.75) is 12.1 Å². The van der Waals surface area contributed by atoms with Gasteiger partial charge in [-0.15, -0.1) is 0 Å². The van der Waals surface area contributed by atoms with Gasteiger partial charge in [0, 0.05) is 0 Å². The number of nitrogens with one attached hydrogen (secondary N) is 1. The summed E-state index contributed by atoms with van der Waals surface area (Å²) in [5, 5.41) is 0. The zero-order valence-electron chi connectivity index (χ0n) is 7.15. The van der Waals surface area contributed by atoms with Crippen LogP contribution < -0.4 is 11.3 Å². The number of anilines is 1. The Kier molecular flexibility index (Phi) is 2.80. The molecule has 84 valence electrons. The monoisotopic (exact) mass is 227 g/mol. The van der Waals surface area contributed by atoms with E-state index in [1.807, 2.05) is 5.43 Å². The van der Waals surface area contributed by atoms with Crippen molar-refractivity contribution in [1.82, 2.24) is 4.98 Å². The molecule has 0 unspecified atom stereocenters. The van der Waals surface area contributed by atoms with E-state index in [1.165, 1.54) is 0 Å². The van der Waals surface area contributed by atoms with Crippen LogP contribution >= 0.6 is 0 Å². The highest BCUT2D eigenvalue weighted by Crippen LogP contribution is 2.43. The molecule has 0 aromatic carbocycles. The average Bonchev–Trinajstić information content (AvgIpc) is 2.16. The topological polar surface area (TPSA) is 50.9 Å². The summed E-state index contributed by atoms with van der Waals surface area (Å²) in [7, 11) is 0. The third kappa shape index (κ3) is 2.14. The second-order valence-electron chi connectivity index (χ2n) is 2.62. The minimum Gasteiger partial charge on any atom is -0.308 e. The van der Waals surface area contributed by atoms with E-state index in [9.17, 15) is 22.0 Å². The predicted molar refractivity (Wildman–Crippen MR) is 42.0 cm³/mol. The van der Waals surface area contributed by atoms with E-state index in [-0.39, 0.29) is 5.82 Å². The van der Waals surface area contributed by atoms with Gasteiger partial charge in [-0.3, -0.25) is 0 Å². The number of aromatic nitrogens is 1.